The Hall–Kier alpha value is -0.860. The summed E-state index contributed by atoms with van der Waals surface area (Å²) in [7, 11) is 4.24. The van der Waals surface area contributed by atoms with Crippen molar-refractivity contribution in [1.82, 2.24) is 10.2 Å². The molecule has 2 heteroatoms. The van der Waals surface area contributed by atoms with Gasteiger partial charge in [-0.3, -0.25) is 0 Å². The number of likely N-dealkylation sites (N-methyl/N-ethyl adjacent to an activating group) is 1. The lowest BCUT2D eigenvalue weighted by atomic mass is 10.2. The van der Waals surface area contributed by atoms with Crippen LogP contribution in [-0.2, 0) is 6.54 Å². The second kappa shape index (κ2) is 6.59. The van der Waals surface area contributed by atoms with Crippen molar-refractivity contribution < 1.29 is 0 Å². The summed E-state index contributed by atoms with van der Waals surface area (Å²) >= 11 is 0. The highest BCUT2D eigenvalue weighted by molar-refractivity contribution is 5.14. The standard InChI is InChI=1S/C13H22N2/c1-4-13(11-15(2)3)14-10-12-8-6-5-7-9-12/h5-9,13-14H,4,10-11H2,1-3H3. The molecule has 2 nitrogen and oxygen atoms in total. The third kappa shape index (κ3) is 4.96. The smallest absolute Gasteiger partial charge is 0.0208 e. The van der Waals surface area contributed by atoms with Crippen LogP contribution in [0.4, 0.5) is 0 Å². The van der Waals surface area contributed by atoms with Crippen LogP contribution in [0.15, 0.2) is 30.3 Å². The van der Waals surface area contributed by atoms with Crippen molar-refractivity contribution in [3.05, 3.63) is 35.9 Å². The monoisotopic (exact) mass is 206 g/mol. The van der Waals surface area contributed by atoms with Gasteiger partial charge in [0.2, 0.25) is 0 Å². The summed E-state index contributed by atoms with van der Waals surface area (Å²) in [6.07, 6.45) is 1.17. The molecule has 0 amide bonds. The molecule has 15 heavy (non-hydrogen) atoms. The molecule has 0 fully saturated rings. The van der Waals surface area contributed by atoms with E-state index in [1.807, 2.05) is 0 Å². The third-order valence-electron chi connectivity index (χ3n) is 2.52. The first-order valence-corrected chi connectivity index (χ1v) is 5.64. The van der Waals surface area contributed by atoms with Crippen molar-refractivity contribution in [2.24, 2.45) is 0 Å². The number of nitrogens with zero attached hydrogens (tertiary/aromatic N) is 1. The van der Waals surface area contributed by atoms with E-state index >= 15 is 0 Å². The fraction of sp³-hybridized carbons (Fsp3) is 0.538. The molecule has 0 spiro atoms. The van der Waals surface area contributed by atoms with E-state index < -0.39 is 0 Å². The lowest BCUT2D eigenvalue weighted by Gasteiger charge is -2.21. The molecule has 1 aromatic rings. The van der Waals surface area contributed by atoms with Crippen molar-refractivity contribution in [1.29, 1.82) is 0 Å². The van der Waals surface area contributed by atoms with Gasteiger partial charge < -0.3 is 10.2 Å². The Morgan fingerprint density at radius 3 is 2.40 bits per heavy atom. The number of benzene rings is 1. The SMILES string of the molecule is CCC(CN(C)C)NCc1ccccc1. The maximum Gasteiger partial charge on any atom is 0.0208 e. The molecule has 0 heterocycles. The summed E-state index contributed by atoms with van der Waals surface area (Å²) in [6.45, 7) is 4.29. The Labute approximate surface area is 93.3 Å². The Morgan fingerprint density at radius 1 is 1.20 bits per heavy atom. The first-order valence-electron chi connectivity index (χ1n) is 5.64. The summed E-state index contributed by atoms with van der Waals surface area (Å²) < 4.78 is 0. The van der Waals surface area contributed by atoms with E-state index in [-0.39, 0.29) is 0 Å². The lowest BCUT2D eigenvalue weighted by Crippen LogP contribution is -2.37. The molecule has 0 aromatic heterocycles. The van der Waals surface area contributed by atoms with E-state index in [2.05, 4.69) is 61.6 Å². The summed E-state index contributed by atoms with van der Waals surface area (Å²) in [5.41, 5.74) is 1.36. The van der Waals surface area contributed by atoms with E-state index in [1.165, 1.54) is 12.0 Å². The van der Waals surface area contributed by atoms with Gasteiger partial charge in [-0.15, -0.1) is 0 Å². The van der Waals surface area contributed by atoms with Crippen LogP contribution in [0.1, 0.15) is 18.9 Å². The van der Waals surface area contributed by atoms with Gasteiger partial charge in [-0.1, -0.05) is 37.3 Å². The van der Waals surface area contributed by atoms with Crippen molar-refractivity contribution in [3.8, 4) is 0 Å². The molecule has 0 radical (unpaired) electrons. The van der Waals surface area contributed by atoms with Crippen LogP contribution < -0.4 is 5.32 Å². The summed E-state index contributed by atoms with van der Waals surface area (Å²) in [4.78, 5) is 2.23. The minimum Gasteiger partial charge on any atom is -0.309 e. The number of hydrogen-bond donors (Lipinski definition) is 1. The van der Waals surface area contributed by atoms with Gasteiger partial charge in [-0.05, 0) is 26.1 Å². The van der Waals surface area contributed by atoms with Crippen molar-refractivity contribution >= 4 is 0 Å². The molecule has 1 N–H and O–H groups in total. The molecule has 1 atom stereocenters. The molecule has 0 aliphatic rings. The van der Waals surface area contributed by atoms with Gasteiger partial charge in [0.05, 0.1) is 0 Å². The van der Waals surface area contributed by atoms with Crippen LogP contribution in [0.25, 0.3) is 0 Å². The predicted molar refractivity (Wildman–Crippen MR) is 65.9 cm³/mol. The zero-order valence-corrected chi connectivity index (χ0v) is 10.0. The van der Waals surface area contributed by atoms with E-state index in [1.54, 1.807) is 0 Å². The molecule has 0 aliphatic carbocycles. The fourth-order valence-electron chi connectivity index (χ4n) is 1.64. The molecular weight excluding hydrogens is 184 g/mol. The Morgan fingerprint density at radius 2 is 1.87 bits per heavy atom. The minimum absolute atomic E-state index is 0.584. The van der Waals surface area contributed by atoms with Crippen molar-refractivity contribution in [3.63, 3.8) is 0 Å². The van der Waals surface area contributed by atoms with E-state index in [4.69, 9.17) is 0 Å². The Balaban J connectivity index is 2.34. The van der Waals surface area contributed by atoms with Crippen LogP contribution in [0.5, 0.6) is 0 Å². The van der Waals surface area contributed by atoms with E-state index in [9.17, 15) is 0 Å². The van der Waals surface area contributed by atoms with Crippen LogP contribution in [0.2, 0.25) is 0 Å². The zero-order chi connectivity index (χ0) is 11.1. The molecule has 1 unspecified atom stereocenters. The fourth-order valence-corrected chi connectivity index (χ4v) is 1.64. The molecule has 84 valence electrons. The molecule has 0 saturated carbocycles. The molecular formula is C13H22N2. The van der Waals surface area contributed by atoms with Crippen LogP contribution >= 0.6 is 0 Å². The van der Waals surface area contributed by atoms with Crippen LogP contribution in [-0.4, -0.2) is 31.6 Å². The third-order valence-corrected chi connectivity index (χ3v) is 2.52. The van der Waals surface area contributed by atoms with Gasteiger partial charge in [0, 0.05) is 19.1 Å². The lowest BCUT2D eigenvalue weighted by molar-refractivity contribution is 0.331. The number of rotatable bonds is 6. The largest absolute Gasteiger partial charge is 0.309 e. The highest BCUT2D eigenvalue weighted by Gasteiger charge is 2.05. The van der Waals surface area contributed by atoms with E-state index in [0.29, 0.717) is 6.04 Å². The summed E-state index contributed by atoms with van der Waals surface area (Å²) in [6, 6.07) is 11.1. The minimum atomic E-state index is 0.584. The van der Waals surface area contributed by atoms with Crippen LogP contribution in [0.3, 0.4) is 0 Å². The Bertz CT molecular complexity index is 256. The molecule has 1 rings (SSSR count). The van der Waals surface area contributed by atoms with Crippen molar-refractivity contribution in [2.45, 2.75) is 25.9 Å². The van der Waals surface area contributed by atoms with Gasteiger partial charge in [-0.25, -0.2) is 0 Å². The van der Waals surface area contributed by atoms with Crippen LogP contribution in [0, 0.1) is 0 Å². The first-order chi connectivity index (χ1) is 7.22. The quantitative estimate of drug-likeness (QED) is 0.767. The Kier molecular flexibility index (Phi) is 5.37. The van der Waals surface area contributed by atoms with Gasteiger partial charge in [0.1, 0.15) is 0 Å². The second-order valence-corrected chi connectivity index (χ2v) is 4.23. The average Bonchev–Trinajstić information content (AvgIpc) is 2.25. The number of hydrogen-bond acceptors (Lipinski definition) is 2. The summed E-state index contributed by atoms with van der Waals surface area (Å²) in [5, 5.41) is 3.58. The predicted octanol–water partition coefficient (Wildman–Crippen LogP) is 2.12. The zero-order valence-electron chi connectivity index (χ0n) is 10.0. The maximum atomic E-state index is 3.58. The highest BCUT2D eigenvalue weighted by Crippen LogP contribution is 2.00. The van der Waals surface area contributed by atoms with Gasteiger partial charge in [-0.2, -0.15) is 0 Å². The second-order valence-electron chi connectivity index (χ2n) is 4.23. The van der Waals surface area contributed by atoms with Gasteiger partial charge in [0.25, 0.3) is 0 Å². The molecule has 0 bridgehead atoms. The topological polar surface area (TPSA) is 15.3 Å². The van der Waals surface area contributed by atoms with Crippen molar-refractivity contribution in [2.75, 3.05) is 20.6 Å². The average molecular weight is 206 g/mol. The maximum absolute atomic E-state index is 3.58. The highest BCUT2D eigenvalue weighted by atomic mass is 15.1. The molecule has 0 saturated heterocycles. The van der Waals surface area contributed by atoms with Gasteiger partial charge >= 0.3 is 0 Å². The first kappa shape index (κ1) is 12.2. The number of nitrogens with one attached hydrogen (secondary N) is 1. The normalized spacial score (nSPS) is 13.1. The van der Waals surface area contributed by atoms with Gasteiger partial charge in [0.15, 0.2) is 0 Å². The molecule has 1 aromatic carbocycles. The van der Waals surface area contributed by atoms with E-state index in [0.717, 1.165) is 13.1 Å². The summed E-state index contributed by atoms with van der Waals surface area (Å²) in [5.74, 6) is 0. The molecule has 0 aliphatic heterocycles.